The van der Waals surface area contributed by atoms with Crippen LogP contribution in [-0.4, -0.2) is 38.2 Å². The maximum Gasteiger partial charge on any atom is 0.508 e. The number of esters is 1. The lowest BCUT2D eigenvalue weighted by atomic mass is 9.92. The summed E-state index contributed by atoms with van der Waals surface area (Å²) in [5, 5.41) is 0. The third-order valence-electron chi connectivity index (χ3n) is 3.34. The Kier molecular flexibility index (Phi) is 4.95. The first-order chi connectivity index (χ1) is 11.2. The molecule has 1 unspecified atom stereocenters. The van der Waals surface area contributed by atoms with Gasteiger partial charge in [0.2, 0.25) is 0 Å². The molecule has 1 atom stereocenters. The predicted molar refractivity (Wildman–Crippen MR) is 67.8 cm³/mol. The highest BCUT2D eigenvalue weighted by Gasteiger charge is 2.43. The first-order valence-electron chi connectivity index (χ1n) is 6.58. The lowest BCUT2D eigenvalue weighted by Gasteiger charge is -2.29. The molecule has 0 amide bonds. The minimum atomic E-state index is -2.77. The fraction of sp³-hybridized carbons (Fsp3) is 0.429. The summed E-state index contributed by atoms with van der Waals surface area (Å²) in [6, 6.07) is 0. The number of alkyl halides is 2. The molecule has 0 aromatic heterocycles. The van der Waals surface area contributed by atoms with Gasteiger partial charge in [0.15, 0.2) is 29.4 Å². The third-order valence-corrected chi connectivity index (χ3v) is 3.34. The zero-order valence-electron chi connectivity index (χ0n) is 12.2. The fourth-order valence-electron chi connectivity index (χ4n) is 1.85. The molecule has 2 rings (SSSR count). The molecular formula is C14H11F5O5. The number of halogens is 5. The number of allylic oxidation sites excluding steroid dienone is 5. The molecule has 1 saturated heterocycles. The van der Waals surface area contributed by atoms with Crippen molar-refractivity contribution >= 4 is 12.1 Å². The fourth-order valence-corrected chi connectivity index (χ4v) is 1.85. The van der Waals surface area contributed by atoms with Crippen molar-refractivity contribution in [3.8, 4) is 0 Å². The standard InChI is InChI=1S/C14H11F5O5/c1-14(4-22-13(21)23-5-14)12(20)24-8-2-7(16)11(19)10(18)6(3-15)9(8)17/h2,7H,3-5H2,1H3. The number of ether oxygens (including phenoxy) is 3. The number of hydrogen-bond acceptors (Lipinski definition) is 5. The van der Waals surface area contributed by atoms with E-state index in [1.165, 1.54) is 6.92 Å². The molecule has 24 heavy (non-hydrogen) atoms. The Labute approximate surface area is 132 Å². The van der Waals surface area contributed by atoms with Crippen LogP contribution in [0.4, 0.5) is 26.7 Å². The summed E-state index contributed by atoms with van der Waals surface area (Å²) >= 11 is 0. The Bertz CT molecular complexity index is 656. The molecule has 132 valence electrons. The number of hydrogen-bond donors (Lipinski definition) is 0. The van der Waals surface area contributed by atoms with Gasteiger partial charge in [-0.05, 0) is 6.92 Å². The quantitative estimate of drug-likeness (QED) is 0.575. The van der Waals surface area contributed by atoms with Crippen LogP contribution in [0.25, 0.3) is 0 Å². The topological polar surface area (TPSA) is 61.8 Å². The summed E-state index contributed by atoms with van der Waals surface area (Å²) in [6.07, 6.45) is -3.64. The predicted octanol–water partition coefficient (Wildman–Crippen LogP) is 3.28. The first kappa shape index (κ1) is 18.0. The largest absolute Gasteiger partial charge is 0.508 e. The summed E-state index contributed by atoms with van der Waals surface area (Å²) in [5.74, 6) is -8.22. The van der Waals surface area contributed by atoms with Crippen molar-refractivity contribution in [3.05, 3.63) is 34.9 Å². The molecule has 1 aliphatic carbocycles. The first-order valence-corrected chi connectivity index (χ1v) is 6.58. The minimum Gasteiger partial charge on any atom is -0.433 e. The zero-order valence-corrected chi connectivity index (χ0v) is 12.2. The highest BCUT2D eigenvalue weighted by atomic mass is 19.2. The van der Waals surface area contributed by atoms with Gasteiger partial charge in [-0.25, -0.2) is 26.7 Å². The van der Waals surface area contributed by atoms with Gasteiger partial charge in [0.1, 0.15) is 25.3 Å². The van der Waals surface area contributed by atoms with Crippen LogP contribution in [0.5, 0.6) is 0 Å². The van der Waals surface area contributed by atoms with Gasteiger partial charge in [-0.3, -0.25) is 4.79 Å². The van der Waals surface area contributed by atoms with Gasteiger partial charge in [0.25, 0.3) is 0 Å². The van der Waals surface area contributed by atoms with Crippen LogP contribution in [0.2, 0.25) is 0 Å². The van der Waals surface area contributed by atoms with E-state index in [1.807, 2.05) is 0 Å². The monoisotopic (exact) mass is 354 g/mol. The molecule has 1 aliphatic heterocycles. The van der Waals surface area contributed by atoms with Crippen LogP contribution in [0, 0.1) is 5.41 Å². The van der Waals surface area contributed by atoms with Gasteiger partial charge in [-0.1, -0.05) is 0 Å². The van der Waals surface area contributed by atoms with E-state index in [1.54, 1.807) is 0 Å². The lowest BCUT2D eigenvalue weighted by molar-refractivity contribution is -0.161. The lowest BCUT2D eigenvalue weighted by Crippen LogP contribution is -2.44. The Hall–Kier alpha value is -2.39. The second-order valence-corrected chi connectivity index (χ2v) is 5.30. The number of rotatable bonds is 3. The highest BCUT2D eigenvalue weighted by Crippen LogP contribution is 2.35. The van der Waals surface area contributed by atoms with Crippen molar-refractivity contribution in [2.75, 3.05) is 19.9 Å². The van der Waals surface area contributed by atoms with E-state index in [4.69, 9.17) is 0 Å². The second-order valence-electron chi connectivity index (χ2n) is 5.30. The highest BCUT2D eigenvalue weighted by molar-refractivity contribution is 5.79. The van der Waals surface area contributed by atoms with E-state index in [2.05, 4.69) is 14.2 Å². The van der Waals surface area contributed by atoms with E-state index < -0.39 is 72.4 Å². The molecule has 0 aromatic rings. The molecule has 0 radical (unpaired) electrons. The molecular weight excluding hydrogens is 343 g/mol. The van der Waals surface area contributed by atoms with E-state index in [9.17, 15) is 31.5 Å². The number of carbonyl (C=O) groups excluding carboxylic acids is 2. The van der Waals surface area contributed by atoms with E-state index in [0.717, 1.165) is 0 Å². The SMILES string of the molecule is CC1(C(=O)OC2=CC(F)C(F)=C(F)C(CF)=C2F)COC(=O)OC1. The second kappa shape index (κ2) is 6.62. The van der Waals surface area contributed by atoms with Gasteiger partial charge >= 0.3 is 12.1 Å². The molecule has 2 aliphatic rings. The molecule has 10 heteroatoms. The number of carbonyl (C=O) groups is 2. The summed E-state index contributed by atoms with van der Waals surface area (Å²) in [4.78, 5) is 22.9. The normalized spacial score (nSPS) is 24.0. The smallest absolute Gasteiger partial charge is 0.433 e. The van der Waals surface area contributed by atoms with Gasteiger partial charge in [-0.2, -0.15) is 0 Å². The van der Waals surface area contributed by atoms with E-state index >= 15 is 0 Å². The maximum atomic E-state index is 14.1. The van der Waals surface area contributed by atoms with Crippen LogP contribution < -0.4 is 0 Å². The Morgan fingerprint density at radius 1 is 1.29 bits per heavy atom. The Morgan fingerprint density at radius 3 is 2.42 bits per heavy atom. The van der Waals surface area contributed by atoms with Crippen LogP contribution in [0.3, 0.4) is 0 Å². The van der Waals surface area contributed by atoms with Gasteiger partial charge in [0.05, 0.1) is 5.57 Å². The van der Waals surface area contributed by atoms with Crippen molar-refractivity contribution in [2.24, 2.45) is 5.41 Å². The van der Waals surface area contributed by atoms with Gasteiger partial charge in [-0.15, -0.1) is 0 Å². The summed E-state index contributed by atoms with van der Waals surface area (Å²) in [6.45, 7) is -1.49. The molecule has 0 aromatic carbocycles. The maximum absolute atomic E-state index is 14.1. The van der Waals surface area contributed by atoms with E-state index in [0.29, 0.717) is 0 Å². The molecule has 5 nitrogen and oxygen atoms in total. The van der Waals surface area contributed by atoms with Crippen LogP contribution in [-0.2, 0) is 19.0 Å². The number of cyclic esters (lactones) is 2. The summed E-state index contributed by atoms with van der Waals surface area (Å²) < 4.78 is 80.7. The van der Waals surface area contributed by atoms with Crippen LogP contribution >= 0.6 is 0 Å². The average Bonchev–Trinajstić information content (AvgIpc) is 2.62. The average molecular weight is 354 g/mol. The van der Waals surface area contributed by atoms with Crippen molar-refractivity contribution < 1.29 is 45.8 Å². The third kappa shape index (κ3) is 3.26. The van der Waals surface area contributed by atoms with Gasteiger partial charge < -0.3 is 14.2 Å². The molecule has 0 N–H and O–H groups in total. The molecule has 1 heterocycles. The van der Waals surface area contributed by atoms with Crippen molar-refractivity contribution in [3.63, 3.8) is 0 Å². The Morgan fingerprint density at radius 2 is 1.88 bits per heavy atom. The Balaban J connectivity index is 2.28. The van der Waals surface area contributed by atoms with Crippen LogP contribution in [0.15, 0.2) is 34.9 Å². The molecule has 1 fully saturated rings. The van der Waals surface area contributed by atoms with Crippen molar-refractivity contribution in [2.45, 2.75) is 13.1 Å². The molecule has 0 bridgehead atoms. The van der Waals surface area contributed by atoms with Crippen LogP contribution in [0.1, 0.15) is 6.92 Å². The van der Waals surface area contributed by atoms with Crippen molar-refractivity contribution in [1.29, 1.82) is 0 Å². The summed E-state index contributed by atoms with van der Waals surface area (Å²) in [5.41, 5.74) is -2.98. The van der Waals surface area contributed by atoms with Gasteiger partial charge in [0, 0.05) is 6.08 Å². The molecule has 0 spiro atoms. The van der Waals surface area contributed by atoms with E-state index in [-0.39, 0.29) is 6.08 Å². The van der Waals surface area contributed by atoms with Crippen molar-refractivity contribution in [1.82, 2.24) is 0 Å². The molecule has 0 saturated carbocycles. The zero-order chi connectivity index (χ0) is 18.1. The summed E-state index contributed by atoms with van der Waals surface area (Å²) in [7, 11) is 0. The minimum absolute atomic E-state index is 0.157.